The molecule has 51 heavy (non-hydrogen) atoms. The fourth-order valence-corrected chi connectivity index (χ4v) is 7.88. The zero-order chi connectivity index (χ0) is 37.4. The van der Waals surface area contributed by atoms with E-state index in [2.05, 4.69) is 36.7 Å². The average molecular weight is 706 g/mol. The summed E-state index contributed by atoms with van der Waals surface area (Å²) in [7, 11) is 0.817. The van der Waals surface area contributed by atoms with Gasteiger partial charge < -0.3 is 39.5 Å². The molecule has 2 bridgehead atoms. The summed E-state index contributed by atoms with van der Waals surface area (Å²) in [5, 5.41) is 9.26. The van der Waals surface area contributed by atoms with E-state index in [-0.39, 0.29) is 17.4 Å². The molecule has 5 atom stereocenters. The van der Waals surface area contributed by atoms with Crippen LogP contribution in [0, 0.1) is 17.3 Å². The Morgan fingerprint density at radius 3 is 2.33 bits per heavy atom. The second-order valence-corrected chi connectivity index (χ2v) is 16.9. The van der Waals surface area contributed by atoms with E-state index in [0.29, 0.717) is 54.8 Å². The van der Waals surface area contributed by atoms with Crippen molar-refractivity contribution in [3.8, 4) is 5.75 Å². The lowest BCUT2D eigenvalue weighted by Gasteiger charge is -2.64. The topological polar surface area (TPSA) is 133 Å². The summed E-state index contributed by atoms with van der Waals surface area (Å²) in [5.41, 5.74) is 0.890. The van der Waals surface area contributed by atoms with Gasteiger partial charge in [-0.2, -0.15) is 0 Å². The Balaban J connectivity index is 1.32. The van der Waals surface area contributed by atoms with Crippen molar-refractivity contribution in [2.24, 2.45) is 17.3 Å². The summed E-state index contributed by atoms with van der Waals surface area (Å²) in [6.45, 7) is 19.1. The number of methoxy groups -OCH3 is 1. The van der Waals surface area contributed by atoms with Gasteiger partial charge in [0.25, 0.3) is 5.91 Å². The van der Waals surface area contributed by atoms with Crippen LogP contribution in [-0.2, 0) is 31.7 Å². The van der Waals surface area contributed by atoms with Gasteiger partial charge in [0.05, 0.1) is 24.8 Å². The second-order valence-electron chi connectivity index (χ2n) is 16.9. The molecule has 0 aromatic heterocycles. The number of benzene rings is 2. The third kappa shape index (κ3) is 8.89. The van der Waals surface area contributed by atoms with Crippen LogP contribution < -0.4 is 20.7 Å². The number of alkyl carbamates (subject to hydrolysis) is 1. The van der Waals surface area contributed by atoms with Gasteiger partial charge in [-0.1, -0.05) is 38.1 Å². The van der Waals surface area contributed by atoms with Gasteiger partial charge in [0, 0.05) is 25.2 Å². The Hall–Kier alpha value is -3.61. The van der Waals surface area contributed by atoms with Gasteiger partial charge >= 0.3 is 19.2 Å². The quantitative estimate of drug-likeness (QED) is 0.141. The molecule has 12 heteroatoms. The lowest BCUT2D eigenvalue weighted by molar-refractivity contribution is -0.199. The van der Waals surface area contributed by atoms with E-state index in [1.165, 1.54) is 7.11 Å². The molecule has 4 aliphatic rings. The molecular weight excluding hydrogens is 649 g/mol. The van der Waals surface area contributed by atoms with Crippen molar-refractivity contribution in [3.63, 3.8) is 0 Å². The van der Waals surface area contributed by atoms with Crippen LogP contribution in [0.3, 0.4) is 0 Å². The number of carbonyl (C=O) groups is 3. The number of hydrogen-bond donors (Lipinski definition) is 3. The summed E-state index contributed by atoms with van der Waals surface area (Å²) < 4.78 is 30.3. The van der Waals surface area contributed by atoms with Crippen molar-refractivity contribution < 1.29 is 37.9 Å². The molecule has 2 aromatic carbocycles. The maximum atomic E-state index is 14.0. The summed E-state index contributed by atoms with van der Waals surface area (Å²) in [4.78, 5) is 39.1. The lowest BCUT2D eigenvalue weighted by Crippen LogP contribution is -2.65. The van der Waals surface area contributed by atoms with Crippen LogP contribution in [0.15, 0.2) is 42.5 Å². The molecular formula is C39H56BN3O8. The van der Waals surface area contributed by atoms with Gasteiger partial charge in [0.15, 0.2) is 0 Å². The first-order chi connectivity index (χ1) is 23.8. The van der Waals surface area contributed by atoms with Crippen LogP contribution in [0.2, 0.25) is 0 Å². The first-order valence-corrected chi connectivity index (χ1v) is 18.1. The van der Waals surface area contributed by atoms with Gasteiger partial charge in [-0.3, -0.25) is 4.79 Å². The highest BCUT2D eigenvalue weighted by atomic mass is 16.7. The largest absolute Gasteiger partial charge is 0.496 e. The summed E-state index contributed by atoms with van der Waals surface area (Å²) in [6.07, 6.45) is 1.78. The Morgan fingerprint density at radius 1 is 0.961 bits per heavy atom. The minimum absolute atomic E-state index is 0.0760. The predicted octanol–water partition coefficient (Wildman–Crippen LogP) is 5.87. The van der Waals surface area contributed by atoms with Gasteiger partial charge in [0.1, 0.15) is 22.5 Å². The number of amides is 2. The van der Waals surface area contributed by atoms with Crippen LogP contribution >= 0.6 is 0 Å². The van der Waals surface area contributed by atoms with Crippen LogP contribution in [0.1, 0.15) is 107 Å². The molecule has 1 heterocycles. The van der Waals surface area contributed by atoms with Crippen molar-refractivity contribution in [2.75, 3.05) is 20.2 Å². The van der Waals surface area contributed by atoms with E-state index in [0.717, 1.165) is 24.0 Å². The van der Waals surface area contributed by atoms with Gasteiger partial charge in [-0.25, -0.2) is 9.59 Å². The minimum atomic E-state index is -0.712. The van der Waals surface area contributed by atoms with Crippen LogP contribution in [0.25, 0.3) is 0 Å². The minimum Gasteiger partial charge on any atom is -0.496 e. The van der Waals surface area contributed by atoms with Crippen LogP contribution in [-0.4, -0.2) is 74.1 Å². The molecule has 0 spiro atoms. The molecule has 3 N–H and O–H groups in total. The maximum Gasteiger partial charge on any atom is 0.482 e. The highest BCUT2D eigenvalue weighted by Crippen LogP contribution is 2.65. The summed E-state index contributed by atoms with van der Waals surface area (Å²) >= 11 is 0. The van der Waals surface area contributed by atoms with E-state index in [1.807, 2.05) is 65.8 Å². The van der Waals surface area contributed by atoms with E-state index >= 15 is 0 Å². The van der Waals surface area contributed by atoms with E-state index < -0.39 is 41.9 Å². The normalized spacial score (nSPS) is 24.1. The summed E-state index contributed by atoms with van der Waals surface area (Å²) in [5.74, 6) is -0.0297. The Morgan fingerprint density at radius 2 is 1.67 bits per heavy atom. The number of carbonyl (C=O) groups excluding carboxylic acids is 3. The highest BCUT2D eigenvalue weighted by Gasteiger charge is 2.68. The molecule has 278 valence electrons. The average Bonchev–Trinajstić information content (AvgIpc) is 3.40. The molecule has 3 aliphatic carbocycles. The second kappa shape index (κ2) is 14.8. The molecule has 6 rings (SSSR count). The fraction of sp³-hybridized carbons (Fsp3) is 0.615. The van der Waals surface area contributed by atoms with Crippen molar-refractivity contribution in [1.82, 2.24) is 16.0 Å². The van der Waals surface area contributed by atoms with Crippen LogP contribution in [0.5, 0.6) is 5.75 Å². The molecule has 2 aromatic rings. The van der Waals surface area contributed by atoms with Crippen LogP contribution in [0.4, 0.5) is 4.79 Å². The van der Waals surface area contributed by atoms with E-state index in [1.54, 1.807) is 18.2 Å². The first-order valence-electron chi connectivity index (χ1n) is 18.1. The number of ether oxygens (including phenoxy) is 3. The Labute approximate surface area is 303 Å². The SMILES string of the molecule is COc1c(CC(NC(=O)c2cccc(CNCCNC(=O)OC(C)(C)C)c2)B2OC3CC4CC(C4(C)C)C3(C)O2)cccc1C(=O)OC(C)(C)C. The highest BCUT2D eigenvalue weighted by molar-refractivity contribution is 6.48. The Kier molecular flexibility index (Phi) is 11.2. The fourth-order valence-electron chi connectivity index (χ4n) is 7.88. The third-order valence-corrected chi connectivity index (χ3v) is 10.5. The van der Waals surface area contributed by atoms with E-state index in [4.69, 9.17) is 23.5 Å². The first kappa shape index (κ1) is 38.6. The monoisotopic (exact) mass is 705 g/mol. The number of esters is 1. The smallest absolute Gasteiger partial charge is 0.482 e. The van der Waals surface area contributed by atoms with E-state index in [9.17, 15) is 14.4 Å². The standard InChI is InChI=1S/C39H56BN3O8/c1-36(2,3)48-34(45)28-16-12-14-25(32(28)47-10)20-31(40-50-30-22-27-21-29(38(27,7)8)39(30,9)51-40)43-33(44)26-15-11-13-24(19-26)23-41-17-18-42-35(46)49-37(4,5)6/h11-16,19,27,29-31,41H,17-18,20-23H2,1-10H3,(H,42,46)(H,43,44). The van der Waals surface area contributed by atoms with Crippen molar-refractivity contribution in [3.05, 3.63) is 64.7 Å². The zero-order valence-electron chi connectivity index (χ0n) is 31.9. The number of nitrogens with one attached hydrogen (secondary N) is 3. The molecule has 1 saturated heterocycles. The molecule has 11 nitrogen and oxygen atoms in total. The van der Waals surface area contributed by atoms with Gasteiger partial charge in [-0.15, -0.1) is 0 Å². The maximum absolute atomic E-state index is 14.0. The van der Waals surface area contributed by atoms with Gasteiger partial charge in [0.2, 0.25) is 0 Å². The van der Waals surface area contributed by atoms with Crippen molar-refractivity contribution >= 4 is 25.1 Å². The molecule has 3 saturated carbocycles. The molecule has 0 radical (unpaired) electrons. The molecule has 2 amide bonds. The van der Waals surface area contributed by atoms with Crippen molar-refractivity contribution in [1.29, 1.82) is 0 Å². The third-order valence-electron chi connectivity index (χ3n) is 10.5. The zero-order valence-corrected chi connectivity index (χ0v) is 31.9. The predicted molar refractivity (Wildman–Crippen MR) is 196 cm³/mol. The number of para-hydroxylation sites is 1. The molecule has 1 aliphatic heterocycles. The Bertz CT molecular complexity index is 1600. The van der Waals surface area contributed by atoms with Gasteiger partial charge in [-0.05, 0) is 114 Å². The van der Waals surface area contributed by atoms with Crippen molar-refractivity contribution in [2.45, 2.75) is 117 Å². The lowest BCUT2D eigenvalue weighted by atomic mass is 9.43. The summed E-state index contributed by atoms with van der Waals surface area (Å²) in [6, 6.07) is 12.8. The molecule has 5 unspecified atom stereocenters. The number of hydrogen-bond acceptors (Lipinski definition) is 9. The number of rotatable bonds is 12. The molecule has 4 fully saturated rings.